The number of benzene rings is 4. The minimum absolute atomic E-state index is 0.0893. The molecule has 0 amide bonds. The lowest BCUT2D eigenvalue weighted by atomic mass is 9.85. The van der Waals surface area contributed by atoms with Gasteiger partial charge in [-0.1, -0.05) is 65.4 Å². The third-order valence-corrected chi connectivity index (χ3v) is 27.6. The highest BCUT2D eigenvalue weighted by atomic mass is 15.5. The first kappa shape index (κ1) is 86.9. The molecular weight excluding hydrogens is 1430 g/mol. The molecule has 0 bridgehead atoms. The van der Waals surface area contributed by atoms with Crippen LogP contribution in [-0.2, 0) is 5.41 Å². The fourth-order valence-corrected chi connectivity index (χ4v) is 20.7. The van der Waals surface area contributed by atoms with Gasteiger partial charge in [-0.2, -0.15) is 0 Å². The lowest BCUT2D eigenvalue weighted by molar-refractivity contribution is 0.171. The van der Waals surface area contributed by atoms with Gasteiger partial charge in [0.1, 0.15) is 49.3 Å². The van der Waals surface area contributed by atoms with Gasteiger partial charge in [-0.25, -0.2) is 0 Å². The van der Waals surface area contributed by atoms with E-state index in [1.54, 1.807) is 5.56 Å². The molecule has 0 unspecified atom stereocenters. The summed E-state index contributed by atoms with van der Waals surface area (Å²) in [4.78, 5) is 39.3. The maximum absolute atomic E-state index is 2.63. The number of hydrogen-bond donors (Lipinski definition) is 0. The Bertz CT molecular complexity index is 4040. The van der Waals surface area contributed by atoms with E-state index in [1.807, 2.05) is 0 Å². The minimum Gasteiger partial charge on any atom is -0.353 e. The predicted octanol–water partition coefficient (Wildman–Crippen LogP) is 23.9. The largest absolute Gasteiger partial charge is 0.353 e. The molecule has 8 atom stereocenters. The van der Waals surface area contributed by atoms with Crippen molar-refractivity contribution in [2.75, 3.05) is 39.2 Å². The van der Waals surface area contributed by atoms with Gasteiger partial charge in [-0.3, -0.25) is 0 Å². The Morgan fingerprint density at radius 3 is 0.828 bits per heavy atom. The smallest absolute Gasteiger partial charge is 0.103 e. The van der Waals surface area contributed by atoms with Crippen molar-refractivity contribution >= 4 is 45.5 Å². The van der Waals surface area contributed by atoms with Crippen LogP contribution in [0.4, 0.5) is 45.5 Å². The van der Waals surface area contributed by atoms with Gasteiger partial charge >= 0.3 is 0 Å². The van der Waals surface area contributed by atoms with E-state index < -0.39 is 0 Å². The number of hydrogen-bond acceptors (Lipinski definition) is 16. The molecule has 11 aliphatic rings. The third kappa shape index (κ3) is 17.5. The lowest BCUT2D eigenvalue weighted by Gasteiger charge is -2.40. The standard InChI is InChI=1S/C30H44N4.C25H40N4.C23H36N4.C22H34N4/c1-22-29(33-18-16-31(23(33)2)27-12-6-7-13-27)20-26(25-10-4-5-11-25)21-30(22)34-19-17-32(24(34)3)28-14-8-9-15-28;1-17(2)26-11-13-28(20(26)6)23-15-22(25(8,9)10)16-24(19(23)5)29-14-12-27(18(3)4)21(29)7;1-17-20(24-13-15-26(18(24)2)22(4,5)6)11-10-12-21(17)25-14-16-27(19(25)3)23(7,8)9;1-15(2)23-9-11-25(19(23)7)21-13-17(5)14-22(18(21)6)26-12-10-24(16(3)4)20(26)8/h16-21,23-25,27-28H,4-15H2,1-3H3;11-18,20-21H,1-10H3;10-16,18-19H,1-9H3;9-16,19-20H,1-8H3/t23-,24+;20-,21+;18-,19+;19-,20+. The van der Waals surface area contributed by atoms with Crippen molar-refractivity contribution in [3.8, 4) is 0 Å². The van der Waals surface area contributed by atoms with Crippen LogP contribution >= 0.6 is 0 Å². The molecule has 8 heterocycles. The van der Waals surface area contributed by atoms with E-state index in [4.69, 9.17) is 0 Å². The SMILES string of the molecule is Cc1c(N2C=CN(C(C)(C)C)[C@@H]2C)cccc1N1C=CN(C(C)(C)C)[C@H]1C.Cc1c(N2C=CN(C(C)C)[C@@H]2C)cc(C(C)(C)C)cc1N1C=CN(C(C)C)[C@H]1C.Cc1c(N2C=CN(C3CCCC3)[C@@H]2C)cc(C2CCCC2)cc1N1C=CN(C2CCCC2)[C@H]1C.Cc1cc(N2C=CN(C(C)C)[C@@H]2C)c(C)c(N2C=CN(C(C)C)[C@H]2C)c1. The number of rotatable bonds is 15. The van der Waals surface area contributed by atoms with Crippen LogP contribution in [0.1, 0.15) is 295 Å². The molecule has 0 N–H and O–H groups in total. The van der Waals surface area contributed by atoms with Crippen LogP contribution in [0.5, 0.6) is 0 Å². The van der Waals surface area contributed by atoms with Crippen molar-refractivity contribution in [3.05, 3.63) is 193 Å². The molecule has 0 saturated heterocycles. The fraction of sp³-hybridized carbons (Fsp3) is 0.600. The Labute approximate surface area is 705 Å². The van der Waals surface area contributed by atoms with Gasteiger partial charge in [-0.15, -0.1) is 0 Å². The van der Waals surface area contributed by atoms with Gasteiger partial charge in [0, 0.05) is 192 Å². The topological polar surface area (TPSA) is 51.8 Å². The van der Waals surface area contributed by atoms with E-state index in [0.29, 0.717) is 73.5 Å². The summed E-state index contributed by atoms with van der Waals surface area (Å²) in [5.41, 5.74) is 20.6. The van der Waals surface area contributed by atoms with Gasteiger partial charge in [0.25, 0.3) is 0 Å². The van der Waals surface area contributed by atoms with Crippen molar-refractivity contribution in [1.29, 1.82) is 0 Å². The van der Waals surface area contributed by atoms with Gasteiger partial charge in [0.2, 0.25) is 0 Å². The first-order chi connectivity index (χ1) is 54.7. The van der Waals surface area contributed by atoms with E-state index in [2.05, 4.69) is 440 Å². The zero-order valence-corrected chi connectivity index (χ0v) is 77.7. The quantitative estimate of drug-likeness (QED) is 0.113. The van der Waals surface area contributed by atoms with Crippen molar-refractivity contribution in [2.45, 2.75) is 393 Å². The molecule has 3 fully saturated rings. The van der Waals surface area contributed by atoms with Crippen LogP contribution in [0, 0.1) is 34.6 Å². The maximum atomic E-state index is 2.63. The van der Waals surface area contributed by atoms with Crippen LogP contribution in [0.3, 0.4) is 0 Å². The molecule has 634 valence electrons. The fourth-order valence-electron chi connectivity index (χ4n) is 20.7. The number of aryl methyl sites for hydroxylation is 1. The average Bonchev–Trinajstić information content (AvgIpc) is 1.62. The monoisotopic (exact) mass is 1580 g/mol. The normalized spacial score (nSPS) is 24.4. The first-order valence-corrected chi connectivity index (χ1v) is 45.1. The summed E-state index contributed by atoms with van der Waals surface area (Å²) < 4.78 is 0. The highest BCUT2D eigenvalue weighted by Crippen LogP contribution is 2.48. The predicted molar refractivity (Wildman–Crippen MR) is 497 cm³/mol. The molecule has 4 aromatic rings. The Morgan fingerprint density at radius 1 is 0.284 bits per heavy atom. The number of nitrogens with zero attached hydrogens (tertiary/aromatic N) is 16. The molecule has 16 heteroatoms. The van der Waals surface area contributed by atoms with Crippen molar-refractivity contribution in [2.24, 2.45) is 0 Å². The van der Waals surface area contributed by atoms with Crippen LogP contribution in [0.15, 0.2) is 154 Å². The van der Waals surface area contributed by atoms with Gasteiger partial charge in [0.15, 0.2) is 0 Å². The Hall–Kier alpha value is -8.40. The molecule has 8 aliphatic heterocycles. The Kier molecular flexibility index (Phi) is 26.1. The summed E-state index contributed by atoms with van der Waals surface area (Å²) in [7, 11) is 0. The van der Waals surface area contributed by atoms with Crippen LogP contribution in [-0.4, -0.2) is 136 Å². The molecule has 0 aromatic heterocycles. The van der Waals surface area contributed by atoms with Crippen LogP contribution < -0.4 is 39.2 Å². The lowest BCUT2D eigenvalue weighted by Crippen LogP contribution is -2.47. The summed E-state index contributed by atoms with van der Waals surface area (Å²) in [5, 5.41) is 0. The summed E-state index contributed by atoms with van der Waals surface area (Å²) in [6.45, 7) is 68.3. The van der Waals surface area contributed by atoms with Gasteiger partial charge in [-0.05, 0) is 324 Å². The second-order valence-electron chi connectivity index (χ2n) is 39.7. The van der Waals surface area contributed by atoms with E-state index in [-0.39, 0.29) is 16.5 Å². The first-order valence-electron chi connectivity index (χ1n) is 45.1. The minimum atomic E-state index is 0.0893. The van der Waals surface area contributed by atoms with E-state index in [0.717, 1.165) is 18.0 Å². The molecule has 0 radical (unpaired) electrons. The molecule has 3 saturated carbocycles. The molecule has 3 aliphatic carbocycles. The molecule has 4 aromatic carbocycles. The second kappa shape index (κ2) is 34.9. The molecule has 16 nitrogen and oxygen atoms in total. The van der Waals surface area contributed by atoms with E-state index in [9.17, 15) is 0 Å². The van der Waals surface area contributed by atoms with Gasteiger partial charge in [0.05, 0.1) is 0 Å². The van der Waals surface area contributed by atoms with E-state index in [1.165, 1.54) is 156 Å². The summed E-state index contributed by atoms with van der Waals surface area (Å²) in [6, 6.07) is 24.6. The third-order valence-electron chi connectivity index (χ3n) is 27.6. The van der Waals surface area contributed by atoms with E-state index >= 15 is 0 Å². The zero-order valence-electron chi connectivity index (χ0n) is 77.7. The molecule has 0 spiro atoms. The number of anilines is 8. The molecule has 116 heavy (non-hydrogen) atoms. The van der Waals surface area contributed by atoms with Crippen LogP contribution in [0.25, 0.3) is 0 Å². The highest BCUT2D eigenvalue weighted by molar-refractivity contribution is 5.76. The molecule has 15 rings (SSSR count). The van der Waals surface area contributed by atoms with Crippen molar-refractivity contribution < 1.29 is 0 Å². The summed E-state index contributed by atoms with van der Waals surface area (Å²) in [6.07, 6.45) is 55.3. The summed E-state index contributed by atoms with van der Waals surface area (Å²) in [5.74, 6) is 0.721. The van der Waals surface area contributed by atoms with Crippen LogP contribution in [0.2, 0.25) is 0 Å². The highest BCUT2D eigenvalue weighted by Gasteiger charge is 2.40. The summed E-state index contributed by atoms with van der Waals surface area (Å²) >= 11 is 0. The van der Waals surface area contributed by atoms with Crippen molar-refractivity contribution in [1.82, 2.24) is 39.2 Å². The zero-order chi connectivity index (χ0) is 84.2. The second-order valence-corrected chi connectivity index (χ2v) is 39.7. The Morgan fingerprint density at radius 2 is 0.543 bits per heavy atom. The Balaban J connectivity index is 0.000000143. The van der Waals surface area contributed by atoms with Crippen molar-refractivity contribution in [3.63, 3.8) is 0 Å². The maximum Gasteiger partial charge on any atom is 0.103 e. The van der Waals surface area contributed by atoms with Gasteiger partial charge < -0.3 is 78.4 Å². The average molecular weight is 1580 g/mol. The molecular formula is C100H154N16.